The first kappa shape index (κ1) is 18.7. The summed E-state index contributed by atoms with van der Waals surface area (Å²) in [7, 11) is 0. The minimum absolute atomic E-state index is 0.225. The van der Waals surface area contributed by atoms with Crippen LogP contribution in [0.4, 0.5) is 10.2 Å². The van der Waals surface area contributed by atoms with E-state index >= 15 is 0 Å². The van der Waals surface area contributed by atoms with E-state index in [4.69, 9.17) is 14.5 Å². The van der Waals surface area contributed by atoms with E-state index in [2.05, 4.69) is 17.3 Å². The van der Waals surface area contributed by atoms with Crippen molar-refractivity contribution in [3.63, 3.8) is 0 Å². The molecule has 1 aromatic carbocycles. The number of halogens is 1. The summed E-state index contributed by atoms with van der Waals surface area (Å²) < 4.78 is 27.5. The molecule has 0 saturated carbocycles. The van der Waals surface area contributed by atoms with Crippen molar-refractivity contribution in [3.8, 4) is 11.5 Å². The number of nitrogens with zero attached hydrogens (tertiary/aromatic N) is 4. The molecule has 4 heterocycles. The molecule has 8 nitrogen and oxygen atoms in total. The smallest absolute Gasteiger partial charge is 0.257 e. The van der Waals surface area contributed by atoms with Crippen molar-refractivity contribution < 1.29 is 18.7 Å². The highest BCUT2D eigenvalue weighted by molar-refractivity contribution is 6.00. The predicted molar refractivity (Wildman–Crippen MR) is 108 cm³/mol. The van der Waals surface area contributed by atoms with Crippen LogP contribution in [0.1, 0.15) is 29.8 Å². The predicted octanol–water partition coefficient (Wildman–Crippen LogP) is 2.41. The molecular formula is C21H22FN5O3. The summed E-state index contributed by atoms with van der Waals surface area (Å²) in [5, 5.41) is 7.19. The van der Waals surface area contributed by atoms with Gasteiger partial charge in [-0.1, -0.05) is 6.92 Å². The van der Waals surface area contributed by atoms with Crippen LogP contribution in [-0.4, -0.2) is 46.3 Å². The van der Waals surface area contributed by atoms with E-state index in [-0.39, 0.29) is 30.3 Å². The zero-order valence-corrected chi connectivity index (χ0v) is 16.8. The molecule has 2 bridgehead atoms. The molecule has 0 radical (unpaired) electrons. The fraction of sp³-hybridized carbons (Fsp3) is 0.381. The van der Waals surface area contributed by atoms with Gasteiger partial charge >= 0.3 is 0 Å². The van der Waals surface area contributed by atoms with E-state index in [0.29, 0.717) is 53.8 Å². The number of aromatic nitrogens is 3. The number of nitrogens with one attached hydrogen (secondary N) is 1. The van der Waals surface area contributed by atoms with Crippen molar-refractivity contribution in [2.75, 3.05) is 24.7 Å². The zero-order chi connectivity index (χ0) is 20.8. The lowest BCUT2D eigenvalue weighted by Gasteiger charge is -2.25. The summed E-state index contributed by atoms with van der Waals surface area (Å²) in [4.78, 5) is 19.6. The van der Waals surface area contributed by atoms with Gasteiger partial charge < -0.3 is 19.7 Å². The summed E-state index contributed by atoms with van der Waals surface area (Å²) in [6.45, 7) is 5.78. The fourth-order valence-corrected chi connectivity index (χ4v) is 3.84. The lowest BCUT2D eigenvalue weighted by Crippen LogP contribution is -2.36. The molecule has 2 aromatic heterocycles. The lowest BCUT2D eigenvalue weighted by molar-refractivity contribution is 0.0928. The van der Waals surface area contributed by atoms with Crippen LogP contribution >= 0.6 is 0 Å². The van der Waals surface area contributed by atoms with E-state index in [1.165, 1.54) is 18.3 Å². The van der Waals surface area contributed by atoms with E-state index in [1.54, 1.807) is 16.8 Å². The van der Waals surface area contributed by atoms with Gasteiger partial charge in [-0.3, -0.25) is 4.79 Å². The molecule has 9 heteroatoms. The molecule has 3 aromatic rings. The van der Waals surface area contributed by atoms with Crippen molar-refractivity contribution >= 4 is 17.4 Å². The van der Waals surface area contributed by atoms with Gasteiger partial charge in [0.2, 0.25) is 0 Å². The zero-order valence-electron chi connectivity index (χ0n) is 16.8. The third kappa shape index (κ3) is 3.30. The standard InChI is InChI=1S/C21H22FN5O3/c1-12-7-26-8-14-5-15(22)3-4-17(14)30-11-13(2)24-21(28)16-6-23-27-9-18(29-10-12)20(26)25-19(16)27/h3-6,9,12-13H,7-8,10-11H2,1-2H3,(H,24,28)/t12-,13+/m0/s1. The topological polar surface area (TPSA) is 81.0 Å². The van der Waals surface area contributed by atoms with Gasteiger partial charge in [0.1, 0.15) is 23.7 Å². The number of carbonyl (C=O) groups is 1. The van der Waals surface area contributed by atoms with Gasteiger partial charge in [0, 0.05) is 24.6 Å². The monoisotopic (exact) mass is 411 g/mol. The maximum Gasteiger partial charge on any atom is 0.257 e. The van der Waals surface area contributed by atoms with Crippen molar-refractivity contribution in [2.45, 2.75) is 26.4 Å². The number of ether oxygens (including phenoxy) is 2. The number of anilines is 1. The average molecular weight is 411 g/mol. The molecule has 1 N–H and O–H groups in total. The summed E-state index contributed by atoms with van der Waals surface area (Å²) in [6, 6.07) is 4.23. The number of hydrogen-bond acceptors (Lipinski definition) is 6. The number of benzene rings is 1. The van der Waals surface area contributed by atoms with Crippen LogP contribution in [0, 0.1) is 11.7 Å². The first-order valence-electron chi connectivity index (χ1n) is 9.96. The van der Waals surface area contributed by atoms with Crippen LogP contribution in [0.25, 0.3) is 5.65 Å². The Labute approximate surface area is 172 Å². The molecule has 2 atom stereocenters. The molecule has 1 amide bonds. The van der Waals surface area contributed by atoms with Gasteiger partial charge in [-0.25, -0.2) is 13.9 Å². The van der Waals surface area contributed by atoms with Crippen LogP contribution in [0.5, 0.6) is 11.5 Å². The van der Waals surface area contributed by atoms with Crippen molar-refractivity contribution in [1.29, 1.82) is 0 Å². The second kappa shape index (κ2) is 7.16. The van der Waals surface area contributed by atoms with Crippen LogP contribution in [0.15, 0.2) is 30.6 Å². The molecule has 0 spiro atoms. The Balaban J connectivity index is 1.70. The minimum Gasteiger partial charge on any atom is -0.491 e. The van der Waals surface area contributed by atoms with Gasteiger partial charge in [0.25, 0.3) is 5.91 Å². The highest BCUT2D eigenvalue weighted by Crippen LogP contribution is 2.34. The lowest BCUT2D eigenvalue weighted by atomic mass is 10.1. The van der Waals surface area contributed by atoms with Gasteiger partial charge in [0.05, 0.1) is 25.0 Å². The third-order valence-corrected chi connectivity index (χ3v) is 5.29. The Morgan fingerprint density at radius 3 is 2.90 bits per heavy atom. The maximum absolute atomic E-state index is 14.1. The van der Waals surface area contributed by atoms with Gasteiger partial charge in [-0.2, -0.15) is 5.10 Å². The molecule has 2 aliphatic rings. The Bertz CT molecular complexity index is 1130. The maximum atomic E-state index is 14.1. The molecule has 0 saturated heterocycles. The van der Waals surface area contributed by atoms with Crippen LogP contribution in [0.3, 0.4) is 0 Å². The summed E-state index contributed by atoms with van der Waals surface area (Å²) in [5.41, 5.74) is 1.54. The van der Waals surface area contributed by atoms with Crippen LogP contribution in [0.2, 0.25) is 0 Å². The second-order valence-electron chi connectivity index (χ2n) is 7.99. The molecule has 0 unspecified atom stereocenters. The fourth-order valence-electron chi connectivity index (χ4n) is 3.84. The summed E-state index contributed by atoms with van der Waals surface area (Å²) in [6.07, 6.45) is 3.24. The Kier molecular flexibility index (Phi) is 4.45. The quantitative estimate of drug-likeness (QED) is 0.612. The first-order chi connectivity index (χ1) is 14.5. The number of amides is 1. The highest BCUT2D eigenvalue weighted by Gasteiger charge is 2.27. The van der Waals surface area contributed by atoms with E-state index in [1.807, 2.05) is 11.8 Å². The molecule has 156 valence electrons. The molecule has 0 aliphatic carbocycles. The Morgan fingerprint density at radius 2 is 2.03 bits per heavy atom. The Morgan fingerprint density at radius 1 is 1.20 bits per heavy atom. The Hall–Kier alpha value is -3.36. The molecule has 0 fully saturated rings. The average Bonchev–Trinajstić information content (AvgIpc) is 3.06. The van der Waals surface area contributed by atoms with Crippen molar-refractivity contribution in [2.24, 2.45) is 5.92 Å². The van der Waals surface area contributed by atoms with Crippen molar-refractivity contribution in [3.05, 3.63) is 47.5 Å². The number of fused-ring (bicyclic) bond motifs is 1. The second-order valence-corrected chi connectivity index (χ2v) is 7.99. The highest BCUT2D eigenvalue weighted by atomic mass is 19.1. The van der Waals surface area contributed by atoms with Crippen LogP contribution < -0.4 is 19.7 Å². The molecule has 5 rings (SSSR count). The molecular weight excluding hydrogens is 389 g/mol. The normalized spacial score (nSPS) is 21.4. The van der Waals surface area contributed by atoms with E-state index < -0.39 is 0 Å². The first-order valence-corrected chi connectivity index (χ1v) is 9.96. The van der Waals surface area contributed by atoms with Gasteiger partial charge in [0.15, 0.2) is 17.2 Å². The van der Waals surface area contributed by atoms with Crippen molar-refractivity contribution in [1.82, 2.24) is 19.9 Å². The molecule has 30 heavy (non-hydrogen) atoms. The summed E-state index contributed by atoms with van der Waals surface area (Å²) >= 11 is 0. The number of hydrogen-bond donors (Lipinski definition) is 1. The third-order valence-electron chi connectivity index (χ3n) is 5.29. The van der Waals surface area contributed by atoms with E-state index in [0.717, 1.165) is 0 Å². The van der Waals surface area contributed by atoms with Crippen LogP contribution in [-0.2, 0) is 6.54 Å². The minimum atomic E-state index is -0.330. The van der Waals surface area contributed by atoms with Gasteiger partial charge in [-0.05, 0) is 25.1 Å². The summed E-state index contributed by atoms with van der Waals surface area (Å²) in [5.74, 6) is 1.38. The number of rotatable bonds is 0. The van der Waals surface area contributed by atoms with Gasteiger partial charge in [-0.15, -0.1) is 0 Å². The molecule has 2 aliphatic heterocycles. The number of carbonyl (C=O) groups excluding carboxylic acids is 1. The largest absolute Gasteiger partial charge is 0.491 e. The van der Waals surface area contributed by atoms with E-state index in [9.17, 15) is 9.18 Å². The SMILES string of the molecule is C[C@@H]1COc2cn3ncc4c3nc2N(Cc2cc(F)ccc2OC[C@@H](C)NC4=O)C1.